The lowest BCUT2D eigenvalue weighted by atomic mass is 10.0. The minimum absolute atomic E-state index is 0.354. The van der Waals surface area contributed by atoms with Gasteiger partial charge in [-0.3, -0.25) is 14.6 Å². The van der Waals surface area contributed by atoms with Gasteiger partial charge in [0.25, 0.3) is 11.8 Å². The molecule has 1 aliphatic rings. The monoisotopic (exact) mass is 457 g/mol. The highest BCUT2D eigenvalue weighted by Crippen LogP contribution is 2.38. The summed E-state index contributed by atoms with van der Waals surface area (Å²) in [5, 5.41) is 0. The molecule has 2 amide bonds. The molecule has 0 spiro atoms. The van der Waals surface area contributed by atoms with Gasteiger partial charge in [-0.2, -0.15) is 0 Å². The molecule has 0 unspecified atom stereocenters. The van der Waals surface area contributed by atoms with Crippen molar-refractivity contribution in [2.75, 3.05) is 32.2 Å². The van der Waals surface area contributed by atoms with Gasteiger partial charge in [0.15, 0.2) is 11.5 Å². The zero-order chi connectivity index (χ0) is 24.1. The number of nitrogens with zero attached hydrogens (tertiary/aromatic N) is 3. The third kappa shape index (κ3) is 4.37. The topological polar surface area (TPSA) is 72.0 Å². The summed E-state index contributed by atoms with van der Waals surface area (Å²) in [5.41, 5.74) is 3.06. The maximum atomic E-state index is 13.8. The van der Waals surface area contributed by atoms with Crippen LogP contribution in [0.2, 0.25) is 0 Å². The Morgan fingerprint density at radius 1 is 0.882 bits per heavy atom. The van der Waals surface area contributed by atoms with E-state index >= 15 is 0 Å². The largest absolute Gasteiger partial charge is 0.493 e. The van der Waals surface area contributed by atoms with Crippen LogP contribution >= 0.6 is 0 Å². The number of carbonyl (C=O) groups is 2. The molecule has 3 aromatic rings. The minimum atomic E-state index is -0.360. The van der Waals surface area contributed by atoms with E-state index in [1.165, 1.54) is 12.0 Å². The van der Waals surface area contributed by atoms with E-state index in [0.717, 1.165) is 12.0 Å². The fourth-order valence-electron chi connectivity index (χ4n) is 4.12. The van der Waals surface area contributed by atoms with Gasteiger partial charge in [0.1, 0.15) is 5.70 Å². The first-order valence-corrected chi connectivity index (χ1v) is 11.1. The van der Waals surface area contributed by atoms with Crippen molar-refractivity contribution in [3.63, 3.8) is 0 Å². The number of pyridine rings is 1. The fourth-order valence-corrected chi connectivity index (χ4v) is 4.12. The van der Waals surface area contributed by atoms with Gasteiger partial charge in [-0.05, 0) is 48.7 Å². The predicted octanol–water partition coefficient (Wildman–Crippen LogP) is 3.95. The van der Waals surface area contributed by atoms with Crippen molar-refractivity contribution in [2.24, 2.45) is 0 Å². The van der Waals surface area contributed by atoms with Crippen LogP contribution in [-0.2, 0) is 16.0 Å². The number of methoxy groups -OCH3 is 2. The van der Waals surface area contributed by atoms with Crippen molar-refractivity contribution in [2.45, 2.75) is 13.3 Å². The summed E-state index contributed by atoms with van der Waals surface area (Å²) in [6, 6.07) is 18.3. The van der Waals surface area contributed by atoms with Crippen molar-refractivity contribution in [3.8, 4) is 11.5 Å². The van der Waals surface area contributed by atoms with E-state index in [2.05, 4.69) is 4.98 Å². The first-order chi connectivity index (χ1) is 16.6. The van der Waals surface area contributed by atoms with E-state index in [9.17, 15) is 9.59 Å². The molecule has 174 valence electrons. The smallest absolute Gasteiger partial charge is 0.282 e. The summed E-state index contributed by atoms with van der Waals surface area (Å²) < 4.78 is 10.7. The Morgan fingerprint density at radius 2 is 1.59 bits per heavy atom. The summed E-state index contributed by atoms with van der Waals surface area (Å²) in [6.45, 7) is 3.15. The lowest BCUT2D eigenvalue weighted by molar-refractivity contribution is -0.120. The van der Waals surface area contributed by atoms with Crippen molar-refractivity contribution in [1.82, 2.24) is 9.88 Å². The average Bonchev–Trinajstić information content (AvgIpc) is 3.15. The molecule has 0 radical (unpaired) electrons. The molecule has 7 nitrogen and oxygen atoms in total. The highest BCUT2D eigenvalue weighted by Gasteiger charge is 2.42. The van der Waals surface area contributed by atoms with Gasteiger partial charge in [0, 0.05) is 31.5 Å². The van der Waals surface area contributed by atoms with E-state index < -0.39 is 0 Å². The zero-order valence-corrected chi connectivity index (χ0v) is 19.5. The first kappa shape index (κ1) is 23.0. The molecule has 34 heavy (non-hydrogen) atoms. The molecule has 0 bridgehead atoms. The summed E-state index contributed by atoms with van der Waals surface area (Å²) in [6.07, 6.45) is 4.23. The molecule has 0 saturated heterocycles. The normalized spacial score (nSPS) is 13.4. The molecule has 1 aliphatic heterocycles. The molecule has 0 saturated carbocycles. The molecule has 2 aromatic carbocycles. The fraction of sp³-hybridized carbons (Fsp3) is 0.222. The Hall–Kier alpha value is -4.13. The number of aromatic nitrogens is 1. The lowest BCUT2D eigenvalue weighted by Gasteiger charge is -2.25. The molecular formula is C27H27N3O4. The number of likely N-dealkylation sites (N-methyl/N-ethyl adjacent to an activating group) is 1. The van der Waals surface area contributed by atoms with Crippen LogP contribution in [0.3, 0.4) is 0 Å². The number of imide groups is 1. The van der Waals surface area contributed by atoms with Crippen molar-refractivity contribution in [1.29, 1.82) is 0 Å². The number of hydrogen-bond donors (Lipinski definition) is 0. The molecule has 1 aromatic heterocycles. The molecular weight excluding hydrogens is 430 g/mol. The lowest BCUT2D eigenvalue weighted by Crippen LogP contribution is -2.36. The van der Waals surface area contributed by atoms with Crippen LogP contribution in [0.15, 0.2) is 78.8 Å². The van der Waals surface area contributed by atoms with Crippen molar-refractivity contribution in [3.05, 3.63) is 89.9 Å². The summed E-state index contributed by atoms with van der Waals surface area (Å²) in [4.78, 5) is 34.8. The third-order valence-electron chi connectivity index (χ3n) is 5.86. The third-order valence-corrected chi connectivity index (χ3v) is 5.86. The molecule has 2 heterocycles. The van der Waals surface area contributed by atoms with Crippen LogP contribution in [-0.4, -0.2) is 49.0 Å². The van der Waals surface area contributed by atoms with E-state index in [1.54, 1.807) is 37.7 Å². The van der Waals surface area contributed by atoms with E-state index in [0.29, 0.717) is 47.1 Å². The molecule has 0 atom stereocenters. The second-order valence-corrected chi connectivity index (χ2v) is 7.76. The number of ether oxygens (including phenoxy) is 2. The van der Waals surface area contributed by atoms with Gasteiger partial charge in [-0.25, -0.2) is 4.90 Å². The van der Waals surface area contributed by atoms with E-state index in [4.69, 9.17) is 9.47 Å². The number of benzene rings is 2. The zero-order valence-electron chi connectivity index (χ0n) is 19.5. The number of carbonyl (C=O) groups excluding carboxylic acids is 2. The Bertz CT molecular complexity index is 1210. The van der Waals surface area contributed by atoms with Crippen LogP contribution in [0.25, 0.3) is 5.57 Å². The van der Waals surface area contributed by atoms with Crippen LogP contribution in [0.4, 0.5) is 5.69 Å². The van der Waals surface area contributed by atoms with Crippen molar-refractivity contribution < 1.29 is 19.1 Å². The number of amides is 2. The molecule has 7 heteroatoms. The van der Waals surface area contributed by atoms with Gasteiger partial charge < -0.3 is 14.4 Å². The molecule has 4 rings (SSSR count). The summed E-state index contributed by atoms with van der Waals surface area (Å²) >= 11 is 0. The highest BCUT2D eigenvalue weighted by molar-refractivity contribution is 6.45. The number of rotatable bonds is 9. The number of hydrogen-bond acceptors (Lipinski definition) is 6. The second kappa shape index (κ2) is 10.2. The van der Waals surface area contributed by atoms with Crippen molar-refractivity contribution >= 4 is 23.1 Å². The minimum Gasteiger partial charge on any atom is -0.493 e. The maximum absolute atomic E-state index is 13.8. The molecule has 0 aliphatic carbocycles. The van der Waals surface area contributed by atoms with Gasteiger partial charge in [-0.15, -0.1) is 0 Å². The molecule has 0 fully saturated rings. The first-order valence-electron chi connectivity index (χ1n) is 11.1. The average molecular weight is 458 g/mol. The Balaban J connectivity index is 1.75. The van der Waals surface area contributed by atoms with Gasteiger partial charge in [0.05, 0.1) is 25.5 Å². The maximum Gasteiger partial charge on any atom is 0.282 e. The number of anilines is 1. The Morgan fingerprint density at radius 3 is 2.24 bits per heavy atom. The quantitative estimate of drug-likeness (QED) is 0.453. The highest BCUT2D eigenvalue weighted by atomic mass is 16.5. The Kier molecular flexibility index (Phi) is 6.92. The predicted molar refractivity (Wildman–Crippen MR) is 131 cm³/mol. The van der Waals surface area contributed by atoms with Crippen LogP contribution in [0, 0.1) is 0 Å². The van der Waals surface area contributed by atoms with Crippen LogP contribution in [0.1, 0.15) is 18.1 Å². The second-order valence-electron chi connectivity index (χ2n) is 7.76. The SMILES string of the molecule is CCN(CCc1ccncc1)C1=C(c2ccccc2)C(=O)N(c2ccc(OC)c(OC)c2)C1=O. The van der Waals surface area contributed by atoms with Crippen LogP contribution in [0.5, 0.6) is 11.5 Å². The van der Waals surface area contributed by atoms with E-state index in [-0.39, 0.29) is 11.8 Å². The standard InChI is InChI=1S/C27H27N3O4/c1-4-29(17-14-19-12-15-28-16-13-19)25-24(20-8-6-5-7-9-20)26(31)30(27(25)32)21-10-11-22(33-2)23(18-21)34-3/h5-13,15-16,18H,4,14,17H2,1-3H3. The Labute approximate surface area is 199 Å². The van der Waals surface area contributed by atoms with Gasteiger partial charge in [0.2, 0.25) is 0 Å². The molecule has 0 N–H and O–H groups in total. The van der Waals surface area contributed by atoms with Crippen LogP contribution < -0.4 is 14.4 Å². The van der Waals surface area contributed by atoms with Gasteiger partial charge >= 0.3 is 0 Å². The summed E-state index contributed by atoms with van der Waals surface area (Å²) in [5.74, 6) is 0.253. The van der Waals surface area contributed by atoms with E-state index in [1.807, 2.05) is 54.3 Å². The van der Waals surface area contributed by atoms with Gasteiger partial charge in [-0.1, -0.05) is 30.3 Å². The summed E-state index contributed by atoms with van der Waals surface area (Å²) in [7, 11) is 3.06.